The molecule has 2 fully saturated rings. The molecule has 0 bridgehead atoms. The molecule has 1 aliphatic heterocycles. The van der Waals surface area contributed by atoms with Gasteiger partial charge in [-0.2, -0.15) is 0 Å². The Bertz CT molecular complexity index is 587. The highest BCUT2D eigenvalue weighted by Crippen LogP contribution is 2.45. The smallest absolute Gasteiger partial charge is 0.400 e. The average Bonchev–Trinajstić information content (AvgIpc) is 3.25. The molecule has 124 valence electrons. The average molecular weight is 328 g/mol. The van der Waals surface area contributed by atoms with Gasteiger partial charge in [-0.1, -0.05) is 54.3 Å². The molecule has 23 heavy (non-hydrogen) atoms. The van der Waals surface area contributed by atoms with Gasteiger partial charge >= 0.3 is 7.12 Å². The minimum Gasteiger partial charge on any atom is -0.400 e. The maximum absolute atomic E-state index is 6.34. The minimum absolute atomic E-state index is 0.178. The van der Waals surface area contributed by atoms with Crippen LogP contribution in [0.3, 0.4) is 0 Å². The van der Waals surface area contributed by atoms with Gasteiger partial charge in [-0.05, 0) is 51.9 Å². The molecule has 2 nitrogen and oxygen atoms in total. The molecule has 1 saturated carbocycles. The molecular formula is C19H29BO2Si. The number of benzene rings is 1. The van der Waals surface area contributed by atoms with Crippen molar-refractivity contribution in [3.8, 4) is 0 Å². The van der Waals surface area contributed by atoms with E-state index >= 15 is 0 Å². The molecule has 3 rings (SSSR count). The number of hydrogen-bond acceptors (Lipinski definition) is 2. The molecule has 1 heterocycles. The first-order chi connectivity index (χ1) is 10.6. The first-order valence-electron chi connectivity index (χ1n) is 8.76. The molecule has 0 amide bonds. The Morgan fingerprint density at radius 3 is 2.04 bits per heavy atom. The van der Waals surface area contributed by atoms with Crippen molar-refractivity contribution in [2.75, 3.05) is 0 Å². The van der Waals surface area contributed by atoms with Crippen molar-refractivity contribution in [1.82, 2.24) is 0 Å². The van der Waals surface area contributed by atoms with Gasteiger partial charge in [0.05, 0.1) is 11.2 Å². The Balaban J connectivity index is 1.91. The third-order valence-corrected chi connectivity index (χ3v) is 8.50. The second-order valence-corrected chi connectivity index (χ2v) is 12.9. The zero-order valence-electron chi connectivity index (χ0n) is 15.3. The third-order valence-electron chi connectivity index (χ3n) is 5.62. The summed E-state index contributed by atoms with van der Waals surface area (Å²) in [5.74, 6) is 0.653. The van der Waals surface area contributed by atoms with Gasteiger partial charge in [0.1, 0.15) is 8.07 Å². The highest BCUT2D eigenvalue weighted by Gasteiger charge is 2.54. The summed E-state index contributed by atoms with van der Waals surface area (Å²) in [6, 6.07) is 10.9. The largest absolute Gasteiger partial charge is 0.490 e. The highest BCUT2D eigenvalue weighted by molar-refractivity contribution is 6.94. The minimum atomic E-state index is -1.65. The van der Waals surface area contributed by atoms with Crippen LogP contribution in [-0.2, 0) is 9.31 Å². The van der Waals surface area contributed by atoms with Gasteiger partial charge in [-0.25, -0.2) is 0 Å². The summed E-state index contributed by atoms with van der Waals surface area (Å²) in [4.78, 5) is 0. The molecule has 2 aliphatic rings. The Morgan fingerprint density at radius 2 is 1.57 bits per heavy atom. The summed E-state index contributed by atoms with van der Waals surface area (Å²) in [6.07, 6.45) is 2.55. The van der Waals surface area contributed by atoms with Crippen LogP contribution >= 0.6 is 0 Å². The van der Waals surface area contributed by atoms with E-state index in [2.05, 4.69) is 76.8 Å². The number of hydrogen-bond donors (Lipinski definition) is 0. The molecule has 0 spiro atoms. The highest BCUT2D eigenvalue weighted by atomic mass is 28.3. The van der Waals surface area contributed by atoms with E-state index in [0.29, 0.717) is 5.92 Å². The zero-order chi connectivity index (χ0) is 16.9. The number of rotatable bonds is 4. The quantitative estimate of drug-likeness (QED) is 0.775. The van der Waals surface area contributed by atoms with Crippen LogP contribution in [0.2, 0.25) is 13.1 Å². The van der Waals surface area contributed by atoms with Gasteiger partial charge in [-0.3, -0.25) is 0 Å². The van der Waals surface area contributed by atoms with Gasteiger partial charge in [0, 0.05) is 0 Å². The first kappa shape index (κ1) is 17.0. The molecular weight excluding hydrogens is 299 g/mol. The van der Waals surface area contributed by atoms with Gasteiger partial charge in [0.25, 0.3) is 0 Å². The van der Waals surface area contributed by atoms with Crippen LogP contribution in [0, 0.1) is 5.92 Å². The predicted molar refractivity (Wildman–Crippen MR) is 100 cm³/mol. The van der Waals surface area contributed by atoms with E-state index in [-0.39, 0.29) is 18.3 Å². The monoisotopic (exact) mass is 328 g/mol. The van der Waals surface area contributed by atoms with Crippen LogP contribution in [0.15, 0.2) is 41.5 Å². The van der Waals surface area contributed by atoms with Gasteiger partial charge in [0.2, 0.25) is 0 Å². The predicted octanol–water partition coefficient (Wildman–Crippen LogP) is 4.11. The molecule has 0 atom stereocenters. The van der Waals surface area contributed by atoms with Crippen molar-refractivity contribution in [2.45, 2.75) is 64.8 Å². The summed E-state index contributed by atoms with van der Waals surface area (Å²) in [5, 5.41) is 1.47. The number of allylic oxidation sites excluding steroid dienone is 1. The first-order valence-corrected chi connectivity index (χ1v) is 11.8. The Kier molecular flexibility index (Phi) is 4.15. The van der Waals surface area contributed by atoms with E-state index in [0.717, 1.165) is 0 Å². The summed E-state index contributed by atoms with van der Waals surface area (Å²) < 4.78 is 12.7. The Hall–Kier alpha value is -0.838. The van der Waals surface area contributed by atoms with Crippen LogP contribution in [0.1, 0.15) is 40.5 Å². The topological polar surface area (TPSA) is 18.5 Å². The molecule has 1 aromatic carbocycles. The maximum Gasteiger partial charge on any atom is 0.490 e. The zero-order valence-corrected chi connectivity index (χ0v) is 16.3. The van der Waals surface area contributed by atoms with Crippen molar-refractivity contribution in [3.05, 3.63) is 41.5 Å². The fourth-order valence-corrected chi connectivity index (χ4v) is 5.57. The fourth-order valence-electron chi connectivity index (χ4n) is 3.14. The molecule has 0 N–H and O–H groups in total. The van der Waals surface area contributed by atoms with E-state index in [1.165, 1.54) is 23.5 Å². The third kappa shape index (κ3) is 3.35. The van der Waals surface area contributed by atoms with E-state index < -0.39 is 8.07 Å². The Labute approximate surface area is 142 Å². The summed E-state index contributed by atoms with van der Waals surface area (Å²) in [7, 11) is -1.83. The summed E-state index contributed by atoms with van der Waals surface area (Å²) in [6.45, 7) is 13.4. The second-order valence-electron chi connectivity index (χ2n) is 8.59. The lowest BCUT2D eigenvalue weighted by atomic mass is 9.76. The van der Waals surface area contributed by atoms with Crippen molar-refractivity contribution in [3.63, 3.8) is 0 Å². The molecule has 1 aromatic rings. The molecule has 0 unspecified atom stereocenters. The maximum atomic E-state index is 6.34. The van der Waals surface area contributed by atoms with Gasteiger partial charge in [-0.15, -0.1) is 0 Å². The van der Waals surface area contributed by atoms with E-state index in [1.54, 1.807) is 0 Å². The summed E-state index contributed by atoms with van der Waals surface area (Å²) >= 11 is 0. The fraction of sp³-hybridized carbons (Fsp3) is 0.579. The Morgan fingerprint density at radius 1 is 1.04 bits per heavy atom. The van der Waals surface area contributed by atoms with Crippen LogP contribution in [0.25, 0.3) is 0 Å². The molecule has 0 aromatic heterocycles. The van der Waals surface area contributed by atoms with Crippen molar-refractivity contribution in [1.29, 1.82) is 0 Å². The van der Waals surface area contributed by atoms with Crippen molar-refractivity contribution in [2.24, 2.45) is 5.92 Å². The molecule has 1 saturated heterocycles. The van der Waals surface area contributed by atoms with Crippen molar-refractivity contribution < 1.29 is 9.31 Å². The van der Waals surface area contributed by atoms with E-state index in [9.17, 15) is 0 Å². The standard InChI is InChI=1S/C19H29BO2Si/c1-18(2)19(3,4)22-20(21-18)17(15-12-13-15)14-23(5,6)16-10-8-7-9-11-16/h7-11,14-15H,12-13H2,1-6H3/b17-14-. The van der Waals surface area contributed by atoms with Crippen LogP contribution in [0.4, 0.5) is 0 Å². The normalized spacial score (nSPS) is 24.1. The van der Waals surface area contributed by atoms with Crippen LogP contribution in [0.5, 0.6) is 0 Å². The SMILES string of the molecule is CC1(C)OB(/C(=C\[Si](C)(C)c2ccccc2)C2CC2)OC1(C)C. The summed E-state index contributed by atoms with van der Waals surface area (Å²) in [5.41, 5.74) is 3.40. The lowest BCUT2D eigenvalue weighted by Gasteiger charge is -2.32. The van der Waals surface area contributed by atoms with E-state index in [1.807, 2.05) is 0 Å². The van der Waals surface area contributed by atoms with Crippen LogP contribution < -0.4 is 5.19 Å². The van der Waals surface area contributed by atoms with E-state index in [4.69, 9.17) is 9.31 Å². The van der Waals surface area contributed by atoms with Crippen molar-refractivity contribution >= 4 is 20.4 Å². The lowest BCUT2D eigenvalue weighted by Crippen LogP contribution is -2.41. The second kappa shape index (κ2) is 5.61. The lowest BCUT2D eigenvalue weighted by molar-refractivity contribution is 0.00578. The van der Waals surface area contributed by atoms with Gasteiger partial charge < -0.3 is 9.31 Å². The molecule has 0 radical (unpaired) electrons. The van der Waals surface area contributed by atoms with Crippen LogP contribution in [-0.4, -0.2) is 26.4 Å². The molecule has 1 aliphatic carbocycles. The van der Waals surface area contributed by atoms with Gasteiger partial charge in [0.15, 0.2) is 0 Å². The molecule has 4 heteroatoms.